The Bertz CT molecular complexity index is 371. The summed E-state index contributed by atoms with van der Waals surface area (Å²) in [5, 5.41) is 3.92. The van der Waals surface area contributed by atoms with Gasteiger partial charge in [-0.1, -0.05) is 17.7 Å². The number of nitrogens with zero attached hydrogens (tertiary/aromatic N) is 1. The number of hydrogen-bond donors (Lipinski definition) is 1. The molecule has 2 rings (SSSR count). The molecule has 1 aromatic rings. The molecule has 1 aromatic carbocycles. The highest BCUT2D eigenvalue weighted by molar-refractivity contribution is 6.31. The van der Waals surface area contributed by atoms with Gasteiger partial charge in [0.25, 0.3) is 0 Å². The fraction of sp³-hybridized carbons (Fsp3) is 0.571. The van der Waals surface area contributed by atoms with Crippen LogP contribution in [0.4, 0.5) is 4.39 Å². The van der Waals surface area contributed by atoms with Crippen molar-refractivity contribution in [2.75, 3.05) is 26.7 Å². The average Bonchev–Trinajstić information content (AvgIpc) is 2.35. The minimum absolute atomic E-state index is 0.212. The van der Waals surface area contributed by atoms with Crippen LogP contribution in [0.5, 0.6) is 0 Å². The lowest BCUT2D eigenvalue weighted by atomic mass is 9.99. The second kappa shape index (κ2) is 6.50. The van der Waals surface area contributed by atoms with Crippen molar-refractivity contribution in [3.05, 3.63) is 34.6 Å². The number of halogens is 2. The van der Waals surface area contributed by atoms with Crippen LogP contribution in [0.2, 0.25) is 5.02 Å². The predicted molar refractivity (Wildman–Crippen MR) is 73.3 cm³/mol. The molecule has 2 nitrogen and oxygen atoms in total. The third-order valence-corrected chi connectivity index (χ3v) is 3.81. The molecule has 1 unspecified atom stereocenters. The van der Waals surface area contributed by atoms with Crippen LogP contribution in [0.1, 0.15) is 18.4 Å². The SMILES string of the molecule is CN(Cc1c(F)cccc1Cl)CC1CCCNC1. The van der Waals surface area contributed by atoms with E-state index in [1.165, 1.54) is 18.9 Å². The summed E-state index contributed by atoms with van der Waals surface area (Å²) in [6.07, 6.45) is 2.49. The standard InChI is InChI=1S/C14H20ClFN2/c1-18(9-11-4-3-7-17-8-11)10-12-13(15)5-2-6-14(12)16/h2,5-6,11,17H,3-4,7-10H2,1H3. The second-order valence-corrected chi connectivity index (χ2v) is 5.52. The van der Waals surface area contributed by atoms with Crippen molar-refractivity contribution in [2.24, 2.45) is 5.92 Å². The molecule has 1 saturated heterocycles. The van der Waals surface area contributed by atoms with Crippen LogP contribution in [0.15, 0.2) is 18.2 Å². The first kappa shape index (κ1) is 13.8. The Morgan fingerprint density at radius 2 is 2.33 bits per heavy atom. The summed E-state index contributed by atoms with van der Waals surface area (Å²) in [5.41, 5.74) is 0.602. The molecule has 0 aromatic heterocycles. The van der Waals surface area contributed by atoms with Gasteiger partial charge in [0, 0.05) is 23.7 Å². The zero-order chi connectivity index (χ0) is 13.0. The molecule has 0 aliphatic carbocycles. The van der Waals surface area contributed by atoms with Crippen molar-refractivity contribution in [1.82, 2.24) is 10.2 Å². The van der Waals surface area contributed by atoms with Crippen molar-refractivity contribution in [2.45, 2.75) is 19.4 Å². The van der Waals surface area contributed by atoms with Crippen LogP contribution in [0, 0.1) is 11.7 Å². The van der Waals surface area contributed by atoms with Crippen molar-refractivity contribution >= 4 is 11.6 Å². The quantitative estimate of drug-likeness (QED) is 0.905. The maximum absolute atomic E-state index is 13.7. The van der Waals surface area contributed by atoms with E-state index in [4.69, 9.17) is 11.6 Å². The zero-order valence-electron chi connectivity index (χ0n) is 10.8. The fourth-order valence-corrected chi connectivity index (χ4v) is 2.76. The van der Waals surface area contributed by atoms with Gasteiger partial charge in [-0.25, -0.2) is 4.39 Å². The van der Waals surface area contributed by atoms with E-state index in [-0.39, 0.29) is 5.82 Å². The van der Waals surface area contributed by atoms with Crippen LogP contribution < -0.4 is 5.32 Å². The Kier molecular flexibility index (Phi) is 4.98. The first-order valence-corrected chi connectivity index (χ1v) is 6.87. The summed E-state index contributed by atoms with van der Waals surface area (Å²) >= 11 is 6.04. The minimum atomic E-state index is -0.212. The molecule has 0 amide bonds. The number of piperidine rings is 1. The molecule has 1 atom stereocenters. The molecule has 0 radical (unpaired) electrons. The molecule has 0 saturated carbocycles. The molecule has 1 aliphatic rings. The van der Waals surface area contributed by atoms with Gasteiger partial charge >= 0.3 is 0 Å². The minimum Gasteiger partial charge on any atom is -0.316 e. The lowest BCUT2D eigenvalue weighted by molar-refractivity contribution is 0.235. The Morgan fingerprint density at radius 1 is 1.50 bits per heavy atom. The van der Waals surface area contributed by atoms with E-state index >= 15 is 0 Å². The summed E-state index contributed by atoms with van der Waals surface area (Å²) in [5.74, 6) is 0.449. The maximum Gasteiger partial charge on any atom is 0.129 e. The Balaban J connectivity index is 1.92. The van der Waals surface area contributed by atoms with Crippen LogP contribution in [-0.4, -0.2) is 31.6 Å². The second-order valence-electron chi connectivity index (χ2n) is 5.11. The van der Waals surface area contributed by atoms with Crippen molar-refractivity contribution < 1.29 is 4.39 Å². The van der Waals surface area contributed by atoms with E-state index in [1.54, 1.807) is 12.1 Å². The normalized spacial score (nSPS) is 20.3. The van der Waals surface area contributed by atoms with Gasteiger partial charge in [-0.2, -0.15) is 0 Å². The van der Waals surface area contributed by atoms with Crippen LogP contribution >= 0.6 is 11.6 Å². The maximum atomic E-state index is 13.7. The fourth-order valence-electron chi connectivity index (χ4n) is 2.54. The van der Waals surface area contributed by atoms with Crippen LogP contribution in [0.25, 0.3) is 0 Å². The van der Waals surface area contributed by atoms with Gasteiger partial charge in [0.05, 0.1) is 0 Å². The molecule has 4 heteroatoms. The molecular formula is C14H20ClFN2. The molecule has 0 bridgehead atoms. The lowest BCUT2D eigenvalue weighted by Gasteiger charge is -2.27. The Labute approximate surface area is 113 Å². The Morgan fingerprint density at radius 3 is 3.00 bits per heavy atom. The van der Waals surface area contributed by atoms with Crippen LogP contribution in [0.3, 0.4) is 0 Å². The van der Waals surface area contributed by atoms with E-state index in [9.17, 15) is 4.39 Å². The molecule has 18 heavy (non-hydrogen) atoms. The summed E-state index contributed by atoms with van der Waals surface area (Å²) in [6, 6.07) is 4.86. The number of nitrogens with one attached hydrogen (secondary N) is 1. The average molecular weight is 271 g/mol. The highest BCUT2D eigenvalue weighted by Crippen LogP contribution is 2.21. The molecule has 1 N–H and O–H groups in total. The Hall–Kier alpha value is -0.640. The highest BCUT2D eigenvalue weighted by atomic mass is 35.5. The molecule has 1 aliphatic heterocycles. The molecule has 100 valence electrons. The molecule has 0 spiro atoms. The number of hydrogen-bond acceptors (Lipinski definition) is 2. The van der Waals surface area contributed by atoms with Gasteiger partial charge < -0.3 is 10.2 Å². The van der Waals surface area contributed by atoms with E-state index < -0.39 is 0 Å². The number of rotatable bonds is 4. The van der Waals surface area contributed by atoms with E-state index in [1.807, 2.05) is 7.05 Å². The topological polar surface area (TPSA) is 15.3 Å². The van der Waals surface area contributed by atoms with Crippen LogP contribution in [-0.2, 0) is 6.54 Å². The summed E-state index contributed by atoms with van der Waals surface area (Å²) in [6.45, 7) is 3.74. The summed E-state index contributed by atoms with van der Waals surface area (Å²) in [4.78, 5) is 2.15. The third kappa shape index (κ3) is 3.67. The van der Waals surface area contributed by atoms with E-state index in [0.29, 0.717) is 23.0 Å². The zero-order valence-corrected chi connectivity index (χ0v) is 11.5. The largest absolute Gasteiger partial charge is 0.316 e. The molecule has 1 heterocycles. The van der Waals surface area contributed by atoms with Crippen molar-refractivity contribution in [1.29, 1.82) is 0 Å². The molecule has 1 fully saturated rings. The summed E-state index contributed by atoms with van der Waals surface area (Å²) < 4.78 is 13.7. The monoisotopic (exact) mass is 270 g/mol. The summed E-state index contributed by atoms with van der Waals surface area (Å²) in [7, 11) is 2.03. The highest BCUT2D eigenvalue weighted by Gasteiger charge is 2.16. The van der Waals surface area contributed by atoms with Gasteiger partial charge in [-0.15, -0.1) is 0 Å². The molecular weight excluding hydrogens is 251 g/mol. The van der Waals surface area contributed by atoms with Gasteiger partial charge in [0.2, 0.25) is 0 Å². The van der Waals surface area contributed by atoms with Gasteiger partial charge in [-0.3, -0.25) is 0 Å². The lowest BCUT2D eigenvalue weighted by Crippen LogP contribution is -2.36. The van der Waals surface area contributed by atoms with Gasteiger partial charge in [-0.05, 0) is 51.0 Å². The van der Waals surface area contributed by atoms with Crippen molar-refractivity contribution in [3.63, 3.8) is 0 Å². The smallest absolute Gasteiger partial charge is 0.129 e. The third-order valence-electron chi connectivity index (χ3n) is 3.46. The predicted octanol–water partition coefficient (Wildman–Crippen LogP) is 2.91. The van der Waals surface area contributed by atoms with Crippen molar-refractivity contribution in [3.8, 4) is 0 Å². The van der Waals surface area contributed by atoms with Gasteiger partial charge in [0.15, 0.2) is 0 Å². The first-order chi connectivity index (χ1) is 8.66. The first-order valence-electron chi connectivity index (χ1n) is 6.49. The van der Waals surface area contributed by atoms with E-state index in [0.717, 1.165) is 19.6 Å². The number of benzene rings is 1. The van der Waals surface area contributed by atoms with Gasteiger partial charge in [0.1, 0.15) is 5.82 Å². The van der Waals surface area contributed by atoms with E-state index in [2.05, 4.69) is 10.2 Å².